The molecule has 1 saturated heterocycles. The van der Waals surface area contributed by atoms with Crippen molar-refractivity contribution in [1.82, 2.24) is 9.88 Å². The lowest BCUT2D eigenvalue weighted by Gasteiger charge is -2.47. The van der Waals surface area contributed by atoms with E-state index in [4.69, 9.17) is 0 Å². The number of hydrogen-bond acceptors (Lipinski definition) is 3. The largest absolute Gasteiger partial charge is 0.361 e. The molecule has 0 unspecified atom stereocenters. The monoisotopic (exact) mass is 354 g/mol. The third-order valence-electron chi connectivity index (χ3n) is 5.68. The van der Waals surface area contributed by atoms with Crippen LogP contribution in [0.3, 0.4) is 0 Å². The normalized spacial score (nSPS) is 25.7. The van der Waals surface area contributed by atoms with Gasteiger partial charge < -0.3 is 4.98 Å². The van der Waals surface area contributed by atoms with Gasteiger partial charge in [-0.05, 0) is 48.6 Å². The van der Waals surface area contributed by atoms with E-state index in [-0.39, 0.29) is 5.78 Å². The first-order valence-electron chi connectivity index (χ1n) is 9.18. The Kier molecular flexibility index (Phi) is 4.74. The van der Waals surface area contributed by atoms with Crippen molar-refractivity contribution in [1.29, 1.82) is 0 Å². The number of nitrogens with one attached hydrogen (secondary N) is 1. The quantitative estimate of drug-likeness (QED) is 0.797. The molecule has 1 aliphatic carbocycles. The molecular formula is C21H26N2OS. The maximum atomic E-state index is 11.3. The first-order chi connectivity index (χ1) is 12.2. The Morgan fingerprint density at radius 1 is 1.48 bits per heavy atom. The number of nitrogens with zero attached hydrogens (tertiary/aromatic N) is 1. The number of aromatic amines is 1. The van der Waals surface area contributed by atoms with Gasteiger partial charge in [0.1, 0.15) is 5.78 Å². The summed E-state index contributed by atoms with van der Waals surface area (Å²) >= 11 is 1.80. The van der Waals surface area contributed by atoms with E-state index in [2.05, 4.69) is 40.9 Å². The van der Waals surface area contributed by atoms with Crippen molar-refractivity contribution in [2.75, 3.05) is 24.6 Å². The maximum absolute atomic E-state index is 11.3. The van der Waals surface area contributed by atoms with Gasteiger partial charge in [0.25, 0.3) is 0 Å². The highest BCUT2D eigenvalue weighted by Gasteiger charge is 2.40. The van der Waals surface area contributed by atoms with Crippen LogP contribution in [0.1, 0.15) is 30.4 Å². The molecule has 25 heavy (non-hydrogen) atoms. The van der Waals surface area contributed by atoms with Crippen molar-refractivity contribution in [2.24, 2.45) is 5.92 Å². The summed E-state index contributed by atoms with van der Waals surface area (Å²) in [6.07, 6.45) is 6.59. The molecular weight excluding hydrogens is 328 g/mol. The van der Waals surface area contributed by atoms with Gasteiger partial charge in [-0.1, -0.05) is 18.2 Å². The highest BCUT2D eigenvalue weighted by Crippen LogP contribution is 2.45. The van der Waals surface area contributed by atoms with Crippen LogP contribution in [0, 0.1) is 5.92 Å². The van der Waals surface area contributed by atoms with Gasteiger partial charge in [-0.2, -0.15) is 11.8 Å². The predicted molar refractivity (Wildman–Crippen MR) is 106 cm³/mol. The third-order valence-corrected chi connectivity index (χ3v) is 7.00. The van der Waals surface area contributed by atoms with Gasteiger partial charge in [-0.3, -0.25) is 9.69 Å². The number of thioether (sulfide) groups is 1. The number of piperidine rings is 1. The van der Waals surface area contributed by atoms with Crippen LogP contribution in [0.2, 0.25) is 0 Å². The molecule has 2 aromatic rings. The third kappa shape index (κ3) is 3.18. The molecule has 2 aliphatic rings. The number of hydrogen-bond donors (Lipinski definition) is 1. The van der Waals surface area contributed by atoms with E-state index in [1.165, 1.54) is 28.5 Å². The molecule has 4 rings (SSSR count). The second kappa shape index (κ2) is 7.00. The highest BCUT2D eigenvalue weighted by molar-refractivity contribution is 7.99. The average Bonchev–Trinajstić information content (AvgIpc) is 3.00. The number of fused-ring (bicyclic) bond motifs is 2. The van der Waals surface area contributed by atoms with Crippen LogP contribution in [0.4, 0.5) is 0 Å². The van der Waals surface area contributed by atoms with E-state index in [0.29, 0.717) is 23.6 Å². The Morgan fingerprint density at radius 2 is 2.36 bits per heavy atom. The summed E-state index contributed by atoms with van der Waals surface area (Å²) in [5, 5.41) is 1.46. The molecule has 1 fully saturated rings. The zero-order chi connectivity index (χ0) is 17.4. The SMILES string of the molecule is C=CCN1C[C@H](CSCC(C)=O)C[C@@H]2c3cccc4[nH]cc(c34)C[C@H]21. The van der Waals surface area contributed by atoms with E-state index in [9.17, 15) is 4.79 Å². The molecule has 0 saturated carbocycles. The number of benzene rings is 1. The van der Waals surface area contributed by atoms with Crippen LogP contribution < -0.4 is 0 Å². The van der Waals surface area contributed by atoms with Crippen molar-refractivity contribution in [3.63, 3.8) is 0 Å². The molecule has 0 radical (unpaired) electrons. The van der Waals surface area contributed by atoms with Gasteiger partial charge in [0.15, 0.2) is 0 Å². The summed E-state index contributed by atoms with van der Waals surface area (Å²) in [6, 6.07) is 7.27. The fourth-order valence-electron chi connectivity index (χ4n) is 4.76. The van der Waals surface area contributed by atoms with Gasteiger partial charge in [0.05, 0.1) is 5.75 Å². The Bertz CT molecular complexity index is 796. The molecule has 1 aromatic carbocycles. The minimum atomic E-state index is 0.279. The van der Waals surface area contributed by atoms with E-state index < -0.39 is 0 Å². The van der Waals surface area contributed by atoms with Crippen LogP contribution in [0.5, 0.6) is 0 Å². The number of aromatic nitrogens is 1. The first kappa shape index (κ1) is 16.9. The van der Waals surface area contributed by atoms with E-state index in [0.717, 1.165) is 25.3 Å². The zero-order valence-electron chi connectivity index (χ0n) is 14.8. The Balaban J connectivity index is 1.62. The van der Waals surface area contributed by atoms with Crippen LogP contribution in [-0.2, 0) is 11.2 Å². The lowest BCUT2D eigenvalue weighted by molar-refractivity contribution is -0.114. The first-order valence-corrected chi connectivity index (χ1v) is 10.3. The second-order valence-electron chi connectivity index (χ2n) is 7.52. The topological polar surface area (TPSA) is 36.1 Å². The van der Waals surface area contributed by atoms with Gasteiger partial charge in [-0.25, -0.2) is 0 Å². The number of carbonyl (C=O) groups is 1. The van der Waals surface area contributed by atoms with Crippen molar-refractivity contribution >= 4 is 28.4 Å². The number of ketones is 1. The molecule has 0 amide bonds. The predicted octanol–water partition coefficient (Wildman–Crippen LogP) is 4.01. The summed E-state index contributed by atoms with van der Waals surface area (Å²) in [5.41, 5.74) is 4.25. The maximum Gasteiger partial charge on any atom is 0.139 e. The molecule has 0 spiro atoms. The minimum absolute atomic E-state index is 0.279. The van der Waals surface area contributed by atoms with E-state index >= 15 is 0 Å². The number of Topliss-reactive ketones (excluding diaryl/α,β-unsaturated/α-hetero) is 1. The lowest BCUT2D eigenvalue weighted by Crippen LogP contribution is -2.50. The smallest absolute Gasteiger partial charge is 0.139 e. The summed E-state index contributed by atoms with van der Waals surface area (Å²) < 4.78 is 0. The van der Waals surface area contributed by atoms with Crippen LogP contribution in [0.25, 0.3) is 10.9 Å². The molecule has 2 heterocycles. The van der Waals surface area contributed by atoms with E-state index in [1.54, 1.807) is 18.7 Å². The lowest BCUT2D eigenvalue weighted by atomic mass is 9.72. The van der Waals surface area contributed by atoms with Crippen molar-refractivity contribution in [3.8, 4) is 0 Å². The van der Waals surface area contributed by atoms with E-state index in [1.807, 2.05) is 6.08 Å². The summed E-state index contributed by atoms with van der Waals surface area (Å²) in [4.78, 5) is 17.3. The van der Waals surface area contributed by atoms with Crippen molar-refractivity contribution in [2.45, 2.75) is 31.7 Å². The molecule has 3 nitrogen and oxygen atoms in total. The zero-order valence-corrected chi connectivity index (χ0v) is 15.6. The van der Waals surface area contributed by atoms with Crippen LogP contribution in [0.15, 0.2) is 37.1 Å². The number of rotatable bonds is 6. The van der Waals surface area contributed by atoms with Gasteiger partial charge in [0.2, 0.25) is 0 Å². The fourth-order valence-corrected chi connectivity index (χ4v) is 5.74. The summed E-state index contributed by atoms with van der Waals surface area (Å²) in [6.45, 7) is 7.73. The molecule has 4 heteroatoms. The molecule has 0 bridgehead atoms. The van der Waals surface area contributed by atoms with Gasteiger partial charge in [-0.15, -0.1) is 6.58 Å². The summed E-state index contributed by atoms with van der Waals surface area (Å²) in [7, 11) is 0. The Morgan fingerprint density at radius 3 is 3.16 bits per heavy atom. The van der Waals surface area contributed by atoms with Crippen molar-refractivity contribution in [3.05, 3.63) is 48.2 Å². The van der Waals surface area contributed by atoms with Crippen LogP contribution >= 0.6 is 11.8 Å². The molecule has 132 valence electrons. The second-order valence-corrected chi connectivity index (χ2v) is 8.55. The molecule has 1 aliphatic heterocycles. The van der Waals surface area contributed by atoms with Gasteiger partial charge >= 0.3 is 0 Å². The van der Waals surface area contributed by atoms with Crippen molar-refractivity contribution < 1.29 is 4.79 Å². The highest BCUT2D eigenvalue weighted by atomic mass is 32.2. The molecule has 3 atom stereocenters. The number of likely N-dealkylation sites (tertiary alicyclic amines) is 1. The molecule has 1 aromatic heterocycles. The van der Waals surface area contributed by atoms with Gasteiger partial charge in [0, 0.05) is 42.1 Å². The fraction of sp³-hybridized carbons (Fsp3) is 0.476. The number of H-pyrrole nitrogens is 1. The number of carbonyl (C=O) groups excluding carboxylic acids is 1. The minimum Gasteiger partial charge on any atom is -0.361 e. The standard InChI is InChI=1S/C21H26N2OS/c1-3-7-23-11-15(13-25-12-14(2)24)8-18-17-5-4-6-19-21(17)16(10-22-19)9-20(18)23/h3-6,10,15,18,20,22H,1,7-9,11-13H2,2H3/t15-,18-,20-/m1/s1. The average molecular weight is 355 g/mol. The molecule has 1 N–H and O–H groups in total. The Hall–Kier alpha value is -1.52. The summed E-state index contributed by atoms with van der Waals surface area (Å²) in [5.74, 6) is 3.22. The Labute approximate surface area is 153 Å². The van der Waals surface area contributed by atoms with Crippen LogP contribution in [-0.4, -0.2) is 46.3 Å².